The summed E-state index contributed by atoms with van der Waals surface area (Å²) in [7, 11) is 0. The Labute approximate surface area is 142 Å². The van der Waals surface area contributed by atoms with Crippen LogP contribution in [-0.2, 0) is 4.74 Å². The van der Waals surface area contributed by atoms with E-state index in [1.54, 1.807) is 0 Å². The van der Waals surface area contributed by atoms with Gasteiger partial charge in [-0.2, -0.15) is 5.26 Å². The summed E-state index contributed by atoms with van der Waals surface area (Å²) in [6, 6.07) is 11.9. The molecule has 2 aromatic rings. The van der Waals surface area contributed by atoms with Gasteiger partial charge in [-0.25, -0.2) is 4.98 Å². The summed E-state index contributed by atoms with van der Waals surface area (Å²) in [5.74, 6) is 1.25. The molecule has 1 aromatic heterocycles. The zero-order valence-corrected chi connectivity index (χ0v) is 14.0. The minimum absolute atomic E-state index is 0.102. The average molecular weight is 323 g/mol. The van der Waals surface area contributed by atoms with E-state index >= 15 is 0 Å². The van der Waals surface area contributed by atoms with Crippen LogP contribution in [0.4, 0.5) is 5.82 Å². The Morgan fingerprint density at radius 1 is 1.38 bits per heavy atom. The molecule has 24 heavy (non-hydrogen) atoms. The van der Waals surface area contributed by atoms with E-state index in [-0.39, 0.29) is 17.8 Å². The normalized spacial score (nSPS) is 17.0. The van der Waals surface area contributed by atoms with E-state index in [9.17, 15) is 5.26 Å². The Hall–Kier alpha value is -2.58. The zero-order chi connectivity index (χ0) is 17.1. The lowest BCUT2D eigenvalue weighted by molar-refractivity contribution is 0.194. The Morgan fingerprint density at radius 3 is 2.88 bits per heavy atom. The summed E-state index contributed by atoms with van der Waals surface area (Å²) >= 11 is 0. The molecule has 1 aromatic carbocycles. The third-order valence-corrected chi connectivity index (χ3v) is 4.06. The molecule has 2 heterocycles. The molecule has 1 aliphatic heterocycles. The van der Waals surface area contributed by atoms with Gasteiger partial charge < -0.3 is 15.2 Å². The second kappa shape index (κ2) is 6.90. The highest BCUT2D eigenvalue weighted by atomic mass is 16.5. The number of ether oxygens (including phenoxy) is 2. The van der Waals surface area contributed by atoms with Crippen molar-refractivity contribution in [2.24, 2.45) is 0 Å². The van der Waals surface area contributed by atoms with Gasteiger partial charge in [0.2, 0.25) is 0 Å². The van der Waals surface area contributed by atoms with Crippen molar-refractivity contribution in [2.45, 2.75) is 32.3 Å². The van der Waals surface area contributed by atoms with E-state index in [1.807, 2.05) is 44.2 Å². The Kier molecular flexibility index (Phi) is 4.68. The van der Waals surface area contributed by atoms with Crippen LogP contribution < -0.4 is 10.5 Å². The maximum absolute atomic E-state index is 9.43. The molecule has 1 fully saturated rings. The molecule has 0 amide bonds. The van der Waals surface area contributed by atoms with Crippen LogP contribution in [0.25, 0.3) is 11.3 Å². The molecule has 0 saturated carbocycles. The minimum Gasteiger partial charge on any atom is -0.491 e. The third-order valence-electron chi connectivity index (χ3n) is 4.06. The van der Waals surface area contributed by atoms with Gasteiger partial charge in [0, 0.05) is 18.1 Å². The summed E-state index contributed by atoms with van der Waals surface area (Å²) in [5, 5.41) is 9.43. The number of rotatable bonds is 4. The van der Waals surface area contributed by atoms with Crippen molar-refractivity contribution in [1.82, 2.24) is 4.98 Å². The first-order valence-corrected chi connectivity index (χ1v) is 8.14. The number of nitrogens with two attached hydrogens (primary N) is 1. The van der Waals surface area contributed by atoms with Gasteiger partial charge in [-0.15, -0.1) is 0 Å². The first-order valence-electron chi connectivity index (χ1n) is 8.14. The molecule has 2 N–H and O–H groups in total. The van der Waals surface area contributed by atoms with E-state index in [2.05, 4.69) is 11.1 Å². The van der Waals surface area contributed by atoms with E-state index in [4.69, 9.17) is 15.2 Å². The van der Waals surface area contributed by atoms with Gasteiger partial charge in [-0.1, -0.05) is 12.1 Å². The minimum atomic E-state index is 0.102. The second-order valence-electron chi connectivity index (χ2n) is 6.22. The third kappa shape index (κ3) is 3.34. The molecule has 0 spiro atoms. The number of hydrogen-bond donors (Lipinski definition) is 1. The Balaban J connectivity index is 2.04. The zero-order valence-electron chi connectivity index (χ0n) is 14.0. The number of pyridine rings is 1. The number of aromatic nitrogens is 1. The second-order valence-corrected chi connectivity index (χ2v) is 6.22. The molecule has 1 atom stereocenters. The lowest BCUT2D eigenvalue weighted by atomic mass is 9.93. The average Bonchev–Trinajstić information content (AvgIpc) is 3.08. The number of benzene rings is 1. The Bertz CT molecular complexity index is 775. The summed E-state index contributed by atoms with van der Waals surface area (Å²) in [5.41, 5.74) is 9.11. The predicted octanol–water partition coefficient (Wildman–Crippen LogP) is 3.49. The van der Waals surface area contributed by atoms with Crippen molar-refractivity contribution in [2.75, 3.05) is 18.9 Å². The highest BCUT2D eigenvalue weighted by molar-refractivity contribution is 5.68. The van der Waals surface area contributed by atoms with Gasteiger partial charge in [0.05, 0.1) is 24.0 Å². The van der Waals surface area contributed by atoms with E-state index in [1.165, 1.54) is 0 Å². The molecule has 0 bridgehead atoms. The van der Waals surface area contributed by atoms with Crippen LogP contribution >= 0.6 is 0 Å². The van der Waals surface area contributed by atoms with Crippen molar-refractivity contribution in [1.29, 1.82) is 5.26 Å². The van der Waals surface area contributed by atoms with Gasteiger partial charge in [0.15, 0.2) is 0 Å². The fourth-order valence-electron chi connectivity index (χ4n) is 2.96. The van der Waals surface area contributed by atoms with Crippen molar-refractivity contribution >= 4 is 5.82 Å². The summed E-state index contributed by atoms with van der Waals surface area (Å²) in [4.78, 5) is 4.43. The quantitative estimate of drug-likeness (QED) is 0.931. The highest BCUT2D eigenvalue weighted by Gasteiger charge is 2.23. The summed E-state index contributed by atoms with van der Waals surface area (Å²) < 4.78 is 11.2. The monoisotopic (exact) mass is 323 g/mol. The van der Waals surface area contributed by atoms with Crippen LogP contribution in [0.1, 0.15) is 37.3 Å². The van der Waals surface area contributed by atoms with Crippen molar-refractivity contribution in [3.05, 3.63) is 41.5 Å². The summed E-state index contributed by atoms with van der Waals surface area (Å²) in [6.07, 6.45) is 0.999. The number of anilines is 1. The Morgan fingerprint density at radius 2 is 2.21 bits per heavy atom. The van der Waals surface area contributed by atoms with Gasteiger partial charge in [0.1, 0.15) is 17.6 Å². The summed E-state index contributed by atoms with van der Waals surface area (Å²) in [6.45, 7) is 5.31. The molecule has 1 saturated heterocycles. The smallest absolute Gasteiger partial charge is 0.142 e. The van der Waals surface area contributed by atoms with Gasteiger partial charge >= 0.3 is 0 Å². The molecular formula is C19H21N3O2. The standard InChI is InChI=1S/C19H21N3O2/c1-12(2)24-15-5-3-4-13(8-15)18-9-16(14-6-7-23-11-14)17(10-20)19(21)22-18/h3-5,8-9,12,14H,6-7,11H2,1-2H3,(H2,21,22)/t14-/m0/s1. The van der Waals surface area contributed by atoms with Crippen LogP contribution in [-0.4, -0.2) is 24.3 Å². The van der Waals surface area contributed by atoms with Crippen LogP contribution in [0.2, 0.25) is 0 Å². The maximum Gasteiger partial charge on any atom is 0.142 e. The SMILES string of the molecule is CC(C)Oc1cccc(-c2cc([C@H]3CCOC3)c(C#N)c(N)n2)c1. The maximum atomic E-state index is 9.43. The number of nitrogens with zero attached hydrogens (tertiary/aromatic N) is 2. The lowest BCUT2D eigenvalue weighted by Crippen LogP contribution is -2.07. The number of nitriles is 1. The van der Waals surface area contributed by atoms with Crippen LogP contribution in [0.5, 0.6) is 5.75 Å². The molecule has 5 nitrogen and oxygen atoms in total. The first-order chi connectivity index (χ1) is 11.6. The molecule has 3 rings (SSSR count). The van der Waals surface area contributed by atoms with Crippen molar-refractivity contribution < 1.29 is 9.47 Å². The van der Waals surface area contributed by atoms with E-state index in [0.29, 0.717) is 18.8 Å². The van der Waals surface area contributed by atoms with Gasteiger partial charge in [-0.05, 0) is 44.0 Å². The van der Waals surface area contributed by atoms with Crippen LogP contribution in [0, 0.1) is 11.3 Å². The van der Waals surface area contributed by atoms with Gasteiger partial charge in [0.25, 0.3) is 0 Å². The molecule has 0 radical (unpaired) electrons. The molecule has 124 valence electrons. The highest BCUT2D eigenvalue weighted by Crippen LogP contribution is 2.33. The van der Waals surface area contributed by atoms with E-state index < -0.39 is 0 Å². The first kappa shape index (κ1) is 16.3. The predicted molar refractivity (Wildman–Crippen MR) is 92.7 cm³/mol. The molecular weight excluding hydrogens is 302 g/mol. The van der Waals surface area contributed by atoms with E-state index in [0.717, 1.165) is 29.0 Å². The lowest BCUT2D eigenvalue weighted by Gasteiger charge is -2.15. The molecule has 0 aliphatic carbocycles. The topological polar surface area (TPSA) is 81.2 Å². The largest absolute Gasteiger partial charge is 0.491 e. The van der Waals surface area contributed by atoms with Crippen LogP contribution in [0.15, 0.2) is 30.3 Å². The molecule has 5 heteroatoms. The fraction of sp³-hybridized carbons (Fsp3) is 0.368. The van der Waals surface area contributed by atoms with Crippen molar-refractivity contribution in [3.63, 3.8) is 0 Å². The van der Waals surface area contributed by atoms with Gasteiger partial charge in [-0.3, -0.25) is 0 Å². The van der Waals surface area contributed by atoms with Crippen molar-refractivity contribution in [3.8, 4) is 23.1 Å². The molecule has 0 unspecified atom stereocenters. The number of hydrogen-bond acceptors (Lipinski definition) is 5. The number of nitrogen functional groups attached to an aromatic ring is 1. The molecule has 1 aliphatic rings. The fourth-order valence-corrected chi connectivity index (χ4v) is 2.96. The van der Waals surface area contributed by atoms with Crippen LogP contribution in [0.3, 0.4) is 0 Å².